The fourth-order valence-electron chi connectivity index (χ4n) is 2.19. The number of methoxy groups -OCH3 is 1. The first kappa shape index (κ1) is 10.3. The Morgan fingerprint density at radius 2 is 2.41 bits per heavy atom. The number of nitrogens with two attached hydrogens (primary N) is 1. The molecule has 1 atom stereocenters. The highest BCUT2D eigenvalue weighted by Crippen LogP contribution is 2.26. The lowest BCUT2D eigenvalue weighted by Crippen LogP contribution is -2.23. The summed E-state index contributed by atoms with van der Waals surface area (Å²) in [6.45, 7) is 1.74. The number of H-pyrrole nitrogens is 1. The number of nitrogen functional groups attached to an aromatic ring is 1. The minimum absolute atomic E-state index is 0.258. The van der Waals surface area contributed by atoms with Gasteiger partial charge >= 0.3 is 0 Å². The molecule has 1 unspecified atom stereocenters. The van der Waals surface area contributed by atoms with Gasteiger partial charge in [-0.05, 0) is 6.42 Å². The molecular formula is C10H14N6O. The summed E-state index contributed by atoms with van der Waals surface area (Å²) in [5, 5.41) is 7.68. The Hall–Kier alpha value is -1.89. The maximum absolute atomic E-state index is 5.69. The van der Waals surface area contributed by atoms with Crippen LogP contribution in [0.1, 0.15) is 6.42 Å². The second-order valence-electron chi connectivity index (χ2n) is 4.13. The van der Waals surface area contributed by atoms with Gasteiger partial charge in [-0.25, -0.2) is 0 Å². The van der Waals surface area contributed by atoms with Gasteiger partial charge in [0.15, 0.2) is 5.65 Å². The largest absolute Gasteiger partial charge is 0.380 e. The third-order valence-corrected chi connectivity index (χ3v) is 3.08. The minimum atomic E-state index is 0.258. The maximum atomic E-state index is 5.69. The lowest BCUT2D eigenvalue weighted by atomic mass is 10.3. The summed E-state index contributed by atoms with van der Waals surface area (Å²) in [6, 6.07) is 0. The predicted octanol–water partition coefficient (Wildman–Crippen LogP) is 0.160. The van der Waals surface area contributed by atoms with Gasteiger partial charge in [0.25, 0.3) is 0 Å². The van der Waals surface area contributed by atoms with Crippen molar-refractivity contribution in [1.29, 1.82) is 0 Å². The van der Waals surface area contributed by atoms with Crippen molar-refractivity contribution in [2.45, 2.75) is 12.5 Å². The molecule has 0 saturated carbocycles. The molecule has 0 spiro atoms. The van der Waals surface area contributed by atoms with Crippen LogP contribution in [0.25, 0.3) is 11.0 Å². The average Bonchev–Trinajstić information content (AvgIpc) is 2.95. The molecular weight excluding hydrogens is 220 g/mol. The Balaban J connectivity index is 2.02. The van der Waals surface area contributed by atoms with Crippen molar-refractivity contribution < 1.29 is 4.74 Å². The molecule has 1 saturated heterocycles. The van der Waals surface area contributed by atoms with Crippen LogP contribution in [0.2, 0.25) is 0 Å². The van der Waals surface area contributed by atoms with Crippen molar-refractivity contribution in [2.24, 2.45) is 0 Å². The van der Waals surface area contributed by atoms with Crippen LogP contribution in [0.3, 0.4) is 0 Å². The molecule has 2 aromatic heterocycles. The summed E-state index contributed by atoms with van der Waals surface area (Å²) in [5.74, 6) is 1.10. The summed E-state index contributed by atoms with van der Waals surface area (Å²) >= 11 is 0. The predicted molar refractivity (Wildman–Crippen MR) is 63.7 cm³/mol. The Bertz CT molecular complexity index is 539. The molecule has 0 aliphatic carbocycles. The highest BCUT2D eigenvalue weighted by Gasteiger charge is 2.25. The van der Waals surface area contributed by atoms with Crippen molar-refractivity contribution >= 4 is 22.8 Å². The second-order valence-corrected chi connectivity index (χ2v) is 4.13. The van der Waals surface area contributed by atoms with E-state index in [1.165, 1.54) is 0 Å². The van der Waals surface area contributed by atoms with Crippen LogP contribution in [0.5, 0.6) is 0 Å². The molecule has 0 amide bonds. The Morgan fingerprint density at radius 3 is 3.18 bits per heavy atom. The van der Waals surface area contributed by atoms with E-state index < -0.39 is 0 Å². The number of anilines is 2. The zero-order valence-corrected chi connectivity index (χ0v) is 9.55. The molecule has 1 aliphatic heterocycles. The van der Waals surface area contributed by atoms with Crippen molar-refractivity contribution in [1.82, 2.24) is 20.2 Å². The van der Waals surface area contributed by atoms with Gasteiger partial charge in [0, 0.05) is 20.2 Å². The summed E-state index contributed by atoms with van der Waals surface area (Å²) in [4.78, 5) is 10.6. The topological polar surface area (TPSA) is 93.0 Å². The van der Waals surface area contributed by atoms with E-state index in [1.807, 2.05) is 0 Å². The fraction of sp³-hybridized carbons (Fsp3) is 0.500. The summed E-state index contributed by atoms with van der Waals surface area (Å²) < 4.78 is 5.35. The van der Waals surface area contributed by atoms with Crippen LogP contribution in [-0.2, 0) is 4.74 Å². The minimum Gasteiger partial charge on any atom is -0.380 e. The molecule has 2 aromatic rings. The third kappa shape index (κ3) is 1.68. The first-order valence-corrected chi connectivity index (χ1v) is 5.52. The number of aromatic nitrogens is 4. The first-order valence-electron chi connectivity index (χ1n) is 5.52. The molecule has 1 aliphatic rings. The number of rotatable bonds is 2. The van der Waals surface area contributed by atoms with Crippen molar-refractivity contribution in [3.63, 3.8) is 0 Å². The van der Waals surface area contributed by atoms with Crippen LogP contribution in [0, 0.1) is 0 Å². The maximum Gasteiger partial charge on any atom is 0.224 e. The molecule has 0 bridgehead atoms. The molecule has 7 heteroatoms. The second kappa shape index (κ2) is 3.85. The van der Waals surface area contributed by atoms with E-state index in [1.54, 1.807) is 13.3 Å². The fourth-order valence-corrected chi connectivity index (χ4v) is 2.19. The molecule has 17 heavy (non-hydrogen) atoms. The SMILES string of the molecule is COC1CCN(c2nc(N)nc3[nH]ncc23)C1. The van der Waals surface area contributed by atoms with Crippen molar-refractivity contribution in [3.05, 3.63) is 6.20 Å². The molecule has 90 valence electrons. The van der Waals surface area contributed by atoms with Crippen molar-refractivity contribution in [2.75, 3.05) is 30.8 Å². The standard InChI is InChI=1S/C10H14N6O/c1-17-6-2-3-16(5-6)9-7-4-12-15-8(7)13-10(11)14-9/h4,6H,2-3,5H2,1H3,(H3,11,12,13,14,15). The average molecular weight is 234 g/mol. The molecule has 0 aromatic carbocycles. The van der Waals surface area contributed by atoms with Gasteiger partial charge in [-0.2, -0.15) is 15.1 Å². The van der Waals surface area contributed by atoms with E-state index in [-0.39, 0.29) is 12.1 Å². The van der Waals surface area contributed by atoms with Crippen LogP contribution in [-0.4, -0.2) is 46.5 Å². The summed E-state index contributed by atoms with van der Waals surface area (Å²) in [5.41, 5.74) is 6.37. The molecule has 3 heterocycles. The number of nitrogens with one attached hydrogen (secondary N) is 1. The molecule has 0 radical (unpaired) electrons. The number of fused-ring (bicyclic) bond motifs is 1. The first-order chi connectivity index (χ1) is 8.28. The lowest BCUT2D eigenvalue weighted by molar-refractivity contribution is 0.121. The van der Waals surface area contributed by atoms with Gasteiger partial charge in [-0.15, -0.1) is 0 Å². The molecule has 3 rings (SSSR count). The number of ether oxygens (including phenoxy) is 1. The number of hydrogen-bond acceptors (Lipinski definition) is 6. The van der Waals surface area contributed by atoms with Gasteiger partial charge in [0.05, 0.1) is 17.7 Å². The zero-order valence-electron chi connectivity index (χ0n) is 9.55. The molecule has 1 fully saturated rings. The Labute approximate surface area is 98.0 Å². The third-order valence-electron chi connectivity index (χ3n) is 3.08. The normalized spacial score (nSPS) is 20.3. The lowest BCUT2D eigenvalue weighted by Gasteiger charge is -2.17. The smallest absolute Gasteiger partial charge is 0.224 e. The highest BCUT2D eigenvalue weighted by molar-refractivity contribution is 5.87. The Morgan fingerprint density at radius 1 is 1.53 bits per heavy atom. The quantitative estimate of drug-likeness (QED) is 0.769. The monoisotopic (exact) mass is 234 g/mol. The zero-order chi connectivity index (χ0) is 11.8. The van der Waals surface area contributed by atoms with E-state index in [4.69, 9.17) is 10.5 Å². The summed E-state index contributed by atoms with van der Waals surface area (Å²) in [6.07, 6.45) is 2.98. The highest BCUT2D eigenvalue weighted by atomic mass is 16.5. The van der Waals surface area contributed by atoms with E-state index in [9.17, 15) is 0 Å². The van der Waals surface area contributed by atoms with Gasteiger partial charge in [-0.3, -0.25) is 5.10 Å². The molecule has 3 N–H and O–H groups in total. The van der Waals surface area contributed by atoms with Gasteiger partial charge < -0.3 is 15.4 Å². The Kier molecular flexibility index (Phi) is 2.32. The van der Waals surface area contributed by atoms with E-state index in [0.29, 0.717) is 5.65 Å². The van der Waals surface area contributed by atoms with E-state index >= 15 is 0 Å². The number of aromatic amines is 1. The van der Waals surface area contributed by atoms with Crippen LogP contribution in [0.15, 0.2) is 6.20 Å². The van der Waals surface area contributed by atoms with Gasteiger partial charge in [0.1, 0.15) is 5.82 Å². The van der Waals surface area contributed by atoms with Gasteiger partial charge in [-0.1, -0.05) is 0 Å². The van der Waals surface area contributed by atoms with Gasteiger partial charge in [0.2, 0.25) is 5.95 Å². The van der Waals surface area contributed by atoms with Crippen LogP contribution >= 0.6 is 0 Å². The number of hydrogen-bond donors (Lipinski definition) is 2. The van der Waals surface area contributed by atoms with Crippen LogP contribution in [0.4, 0.5) is 11.8 Å². The van der Waals surface area contributed by atoms with E-state index in [0.717, 1.165) is 30.7 Å². The summed E-state index contributed by atoms with van der Waals surface area (Å²) in [7, 11) is 1.73. The molecule has 7 nitrogen and oxygen atoms in total. The van der Waals surface area contributed by atoms with Crippen molar-refractivity contribution in [3.8, 4) is 0 Å². The van der Waals surface area contributed by atoms with Crippen LogP contribution < -0.4 is 10.6 Å². The van der Waals surface area contributed by atoms with E-state index in [2.05, 4.69) is 25.1 Å². The number of nitrogens with zero attached hydrogens (tertiary/aromatic N) is 4.